The molecule has 0 aliphatic carbocycles. The zero-order chi connectivity index (χ0) is 20.7. The topological polar surface area (TPSA) is 95.6 Å². The van der Waals surface area contributed by atoms with E-state index in [2.05, 4.69) is 10.0 Å². The highest BCUT2D eigenvalue weighted by Crippen LogP contribution is 2.14. The molecule has 1 aromatic carbocycles. The van der Waals surface area contributed by atoms with Crippen molar-refractivity contribution in [1.82, 2.24) is 14.9 Å². The molecule has 0 aromatic heterocycles. The quantitative estimate of drug-likeness (QED) is 0.673. The molecule has 1 aliphatic heterocycles. The molecule has 1 aliphatic rings. The van der Waals surface area contributed by atoms with Gasteiger partial charge >= 0.3 is 0 Å². The van der Waals surface area contributed by atoms with Crippen molar-refractivity contribution in [2.24, 2.45) is 5.92 Å². The number of carbonyl (C=O) groups excluding carboxylic acids is 2. The Labute approximate surface area is 167 Å². The summed E-state index contributed by atoms with van der Waals surface area (Å²) >= 11 is 0. The first-order valence-corrected chi connectivity index (χ1v) is 11.0. The van der Waals surface area contributed by atoms with Crippen LogP contribution in [0.3, 0.4) is 0 Å². The fourth-order valence-electron chi connectivity index (χ4n) is 3.05. The highest BCUT2D eigenvalue weighted by Gasteiger charge is 2.23. The average Bonchev–Trinajstić information content (AvgIpc) is 2.66. The molecule has 0 bridgehead atoms. The van der Waals surface area contributed by atoms with Crippen LogP contribution >= 0.6 is 0 Å². The van der Waals surface area contributed by atoms with Gasteiger partial charge in [-0.25, -0.2) is 13.1 Å². The van der Waals surface area contributed by atoms with Gasteiger partial charge in [-0.3, -0.25) is 9.59 Å². The lowest BCUT2D eigenvalue weighted by Gasteiger charge is -2.32. The Kier molecular flexibility index (Phi) is 7.77. The Balaban J connectivity index is 1.82. The number of likely N-dealkylation sites (tertiary alicyclic amines) is 1. The number of piperidine rings is 1. The van der Waals surface area contributed by atoms with Gasteiger partial charge in [0, 0.05) is 31.6 Å². The summed E-state index contributed by atoms with van der Waals surface area (Å²) in [6.45, 7) is 5.40. The summed E-state index contributed by atoms with van der Waals surface area (Å²) in [5.41, 5.74) is 0.735. The molecule has 0 atom stereocenters. The Morgan fingerprint density at radius 1 is 1.18 bits per heavy atom. The van der Waals surface area contributed by atoms with Gasteiger partial charge in [0.2, 0.25) is 21.8 Å². The average molecular weight is 408 g/mol. The third-order valence-corrected chi connectivity index (χ3v) is 6.09. The first-order chi connectivity index (χ1) is 13.2. The first-order valence-electron chi connectivity index (χ1n) is 9.51. The number of rotatable bonds is 7. The van der Waals surface area contributed by atoms with Crippen LogP contribution in [0.25, 0.3) is 6.08 Å². The standard InChI is InChI=1S/C20H29N3O4S/c1-15(2)14-20(25)23-12-10-17(11-13-23)22-19(24)9-6-16-4-7-18(8-5-16)28(26,27)21-3/h4-9,15,17,21H,10-14H2,1-3H3,(H,22,24)/b9-6+. The van der Waals surface area contributed by atoms with Crippen molar-refractivity contribution in [3.8, 4) is 0 Å². The molecule has 1 saturated heterocycles. The molecule has 2 N–H and O–H groups in total. The minimum Gasteiger partial charge on any atom is -0.350 e. The van der Waals surface area contributed by atoms with E-state index in [9.17, 15) is 18.0 Å². The highest BCUT2D eigenvalue weighted by atomic mass is 32.2. The number of benzene rings is 1. The van der Waals surface area contributed by atoms with Crippen molar-refractivity contribution in [1.29, 1.82) is 0 Å². The fraction of sp³-hybridized carbons (Fsp3) is 0.500. The SMILES string of the molecule is CNS(=O)(=O)c1ccc(/C=C/C(=O)NC2CCN(C(=O)CC(C)C)CC2)cc1. The van der Waals surface area contributed by atoms with Crippen molar-refractivity contribution in [2.75, 3.05) is 20.1 Å². The van der Waals surface area contributed by atoms with Gasteiger partial charge in [0.25, 0.3) is 0 Å². The van der Waals surface area contributed by atoms with Crippen LogP contribution in [-0.2, 0) is 19.6 Å². The van der Waals surface area contributed by atoms with Crippen LogP contribution in [0.5, 0.6) is 0 Å². The van der Waals surface area contributed by atoms with Crippen LogP contribution in [0.15, 0.2) is 35.2 Å². The van der Waals surface area contributed by atoms with Crippen molar-refractivity contribution in [3.63, 3.8) is 0 Å². The van der Waals surface area contributed by atoms with Crippen molar-refractivity contribution >= 4 is 27.9 Å². The minimum atomic E-state index is -3.46. The van der Waals surface area contributed by atoms with Gasteiger partial charge < -0.3 is 10.2 Å². The molecule has 154 valence electrons. The second kappa shape index (κ2) is 9.84. The van der Waals surface area contributed by atoms with Crippen LogP contribution in [-0.4, -0.2) is 51.3 Å². The number of sulfonamides is 1. The lowest BCUT2D eigenvalue weighted by molar-refractivity contribution is -0.133. The molecule has 1 aromatic rings. The van der Waals surface area contributed by atoms with Crippen LogP contribution < -0.4 is 10.0 Å². The predicted molar refractivity (Wildman–Crippen MR) is 109 cm³/mol. The monoisotopic (exact) mass is 407 g/mol. The molecule has 28 heavy (non-hydrogen) atoms. The Bertz CT molecular complexity index is 808. The summed E-state index contributed by atoms with van der Waals surface area (Å²) in [6.07, 6.45) is 5.15. The largest absolute Gasteiger partial charge is 0.350 e. The van der Waals surface area contributed by atoms with Crippen molar-refractivity contribution in [3.05, 3.63) is 35.9 Å². The van der Waals surface area contributed by atoms with Crippen LogP contribution in [0.2, 0.25) is 0 Å². The van der Waals surface area contributed by atoms with Crippen molar-refractivity contribution < 1.29 is 18.0 Å². The highest BCUT2D eigenvalue weighted by molar-refractivity contribution is 7.89. The summed E-state index contributed by atoms with van der Waals surface area (Å²) in [5, 5.41) is 2.96. The molecule has 2 rings (SSSR count). The van der Waals surface area contributed by atoms with Gasteiger partial charge in [0.1, 0.15) is 0 Å². The summed E-state index contributed by atoms with van der Waals surface area (Å²) in [6, 6.07) is 6.34. The van der Waals surface area contributed by atoms with Gasteiger partial charge in [0.05, 0.1) is 4.90 Å². The summed E-state index contributed by atoms with van der Waals surface area (Å²) < 4.78 is 25.7. The number of amides is 2. The molecular weight excluding hydrogens is 378 g/mol. The summed E-state index contributed by atoms with van der Waals surface area (Å²) in [4.78, 5) is 26.3. The molecule has 7 nitrogen and oxygen atoms in total. The molecule has 0 saturated carbocycles. The third-order valence-electron chi connectivity index (χ3n) is 4.66. The van der Waals surface area contributed by atoms with Gasteiger partial charge in [-0.2, -0.15) is 0 Å². The molecular formula is C20H29N3O4S. The van der Waals surface area contributed by atoms with E-state index in [0.717, 1.165) is 18.4 Å². The summed E-state index contributed by atoms with van der Waals surface area (Å²) in [7, 11) is -2.11. The van der Waals surface area contributed by atoms with Crippen molar-refractivity contribution in [2.45, 2.75) is 44.0 Å². The fourth-order valence-corrected chi connectivity index (χ4v) is 3.78. The molecule has 0 spiro atoms. The maximum atomic E-state index is 12.1. The second-order valence-corrected chi connectivity index (χ2v) is 9.26. The number of hydrogen-bond acceptors (Lipinski definition) is 4. The van der Waals surface area contributed by atoms with E-state index in [0.29, 0.717) is 25.4 Å². The van der Waals surface area contributed by atoms with E-state index in [1.165, 1.54) is 25.3 Å². The number of nitrogens with one attached hydrogen (secondary N) is 2. The molecule has 1 fully saturated rings. The second-order valence-electron chi connectivity index (χ2n) is 7.37. The van der Waals surface area contributed by atoms with E-state index in [1.807, 2.05) is 18.7 Å². The smallest absolute Gasteiger partial charge is 0.244 e. The Morgan fingerprint density at radius 3 is 2.32 bits per heavy atom. The molecule has 0 radical (unpaired) electrons. The van der Waals surface area contributed by atoms with Gasteiger partial charge in [-0.1, -0.05) is 26.0 Å². The molecule has 2 amide bonds. The number of hydrogen-bond donors (Lipinski definition) is 2. The van der Waals surface area contributed by atoms with Crippen LogP contribution in [0.4, 0.5) is 0 Å². The van der Waals surface area contributed by atoms with E-state index >= 15 is 0 Å². The molecule has 1 heterocycles. The normalized spacial score (nSPS) is 15.9. The van der Waals surface area contributed by atoms with E-state index in [-0.39, 0.29) is 22.8 Å². The van der Waals surface area contributed by atoms with Crippen LogP contribution in [0, 0.1) is 5.92 Å². The predicted octanol–water partition coefficient (Wildman–Crippen LogP) is 1.76. The van der Waals surface area contributed by atoms with E-state index in [1.54, 1.807) is 18.2 Å². The van der Waals surface area contributed by atoms with Gasteiger partial charge in [0.15, 0.2) is 0 Å². The number of nitrogens with zero attached hydrogens (tertiary/aromatic N) is 1. The lowest BCUT2D eigenvalue weighted by Crippen LogP contribution is -2.46. The third kappa shape index (κ3) is 6.45. The zero-order valence-corrected chi connectivity index (χ0v) is 17.5. The van der Waals surface area contributed by atoms with Crippen LogP contribution in [0.1, 0.15) is 38.7 Å². The van der Waals surface area contributed by atoms with E-state index in [4.69, 9.17) is 0 Å². The summed E-state index contributed by atoms with van der Waals surface area (Å²) in [5.74, 6) is 0.338. The minimum absolute atomic E-state index is 0.0587. The maximum Gasteiger partial charge on any atom is 0.244 e. The molecule has 8 heteroatoms. The Hall–Kier alpha value is -2.19. The molecule has 0 unspecified atom stereocenters. The maximum absolute atomic E-state index is 12.1. The number of carbonyl (C=O) groups is 2. The van der Waals surface area contributed by atoms with Gasteiger partial charge in [-0.15, -0.1) is 0 Å². The lowest BCUT2D eigenvalue weighted by atomic mass is 10.0. The Morgan fingerprint density at radius 2 is 1.79 bits per heavy atom. The zero-order valence-electron chi connectivity index (χ0n) is 16.6. The van der Waals surface area contributed by atoms with Gasteiger partial charge in [-0.05, 0) is 49.6 Å². The first kappa shape index (κ1) is 22.1. The van der Waals surface area contributed by atoms with E-state index < -0.39 is 10.0 Å².